The van der Waals surface area contributed by atoms with Crippen LogP contribution in [-0.4, -0.2) is 48.8 Å². The standard InChI is InChI=1S/C22H24FNO4S/c23-17-8-10-18(11-9-17)27-14-5-15-28-22(26)19-6-1-2-7-20(19)29-16-21(25)24-12-3-4-13-24/h1-2,6-11H,3-5,12-16H2. The molecule has 5 nitrogen and oxygen atoms in total. The number of esters is 1. The summed E-state index contributed by atoms with van der Waals surface area (Å²) >= 11 is 1.37. The van der Waals surface area contributed by atoms with Crippen molar-refractivity contribution in [1.29, 1.82) is 0 Å². The van der Waals surface area contributed by atoms with Crippen molar-refractivity contribution in [2.24, 2.45) is 0 Å². The normalized spacial score (nSPS) is 13.3. The number of hydrogen-bond donors (Lipinski definition) is 0. The topological polar surface area (TPSA) is 55.8 Å². The zero-order chi connectivity index (χ0) is 20.5. The van der Waals surface area contributed by atoms with Gasteiger partial charge in [0, 0.05) is 24.4 Å². The fourth-order valence-corrected chi connectivity index (χ4v) is 3.92. The van der Waals surface area contributed by atoms with Gasteiger partial charge in [0.2, 0.25) is 5.91 Å². The minimum atomic E-state index is -0.413. The summed E-state index contributed by atoms with van der Waals surface area (Å²) in [6.45, 7) is 2.22. The van der Waals surface area contributed by atoms with Gasteiger partial charge in [-0.25, -0.2) is 9.18 Å². The van der Waals surface area contributed by atoms with Crippen molar-refractivity contribution in [3.8, 4) is 5.75 Å². The molecule has 0 N–H and O–H groups in total. The molecule has 1 fully saturated rings. The van der Waals surface area contributed by atoms with E-state index in [-0.39, 0.29) is 18.3 Å². The third kappa shape index (κ3) is 6.49. The molecule has 1 amide bonds. The first-order valence-corrected chi connectivity index (χ1v) is 10.7. The van der Waals surface area contributed by atoms with Gasteiger partial charge in [0.25, 0.3) is 0 Å². The highest BCUT2D eigenvalue weighted by atomic mass is 32.2. The lowest BCUT2D eigenvalue weighted by Crippen LogP contribution is -2.29. The average molecular weight is 418 g/mol. The van der Waals surface area contributed by atoms with Gasteiger partial charge in [-0.1, -0.05) is 12.1 Å². The third-order valence-electron chi connectivity index (χ3n) is 4.52. The molecule has 0 aliphatic carbocycles. The summed E-state index contributed by atoms with van der Waals surface area (Å²) in [5.41, 5.74) is 0.464. The lowest BCUT2D eigenvalue weighted by atomic mass is 10.2. The Bertz CT molecular complexity index is 822. The van der Waals surface area contributed by atoms with E-state index in [4.69, 9.17) is 9.47 Å². The van der Waals surface area contributed by atoms with Gasteiger partial charge in [0.1, 0.15) is 11.6 Å². The first-order chi connectivity index (χ1) is 14.1. The Hall–Kier alpha value is -2.54. The Morgan fingerprint density at radius 2 is 1.72 bits per heavy atom. The summed E-state index contributed by atoms with van der Waals surface area (Å²) in [5, 5.41) is 0. The van der Waals surface area contributed by atoms with Crippen LogP contribution >= 0.6 is 11.8 Å². The molecule has 7 heteroatoms. The number of amides is 1. The molecular formula is C22H24FNO4S. The molecule has 0 spiro atoms. The largest absolute Gasteiger partial charge is 0.493 e. The molecule has 1 saturated heterocycles. The molecule has 0 radical (unpaired) electrons. The van der Waals surface area contributed by atoms with Crippen molar-refractivity contribution >= 4 is 23.6 Å². The van der Waals surface area contributed by atoms with Gasteiger partial charge >= 0.3 is 5.97 Å². The maximum Gasteiger partial charge on any atom is 0.339 e. The molecule has 1 heterocycles. The molecular weight excluding hydrogens is 393 g/mol. The number of likely N-dealkylation sites (tertiary alicyclic amines) is 1. The highest BCUT2D eigenvalue weighted by Gasteiger charge is 2.19. The maximum atomic E-state index is 12.9. The second-order valence-electron chi connectivity index (χ2n) is 6.66. The van der Waals surface area contributed by atoms with E-state index < -0.39 is 5.97 Å². The molecule has 0 atom stereocenters. The highest BCUT2D eigenvalue weighted by molar-refractivity contribution is 8.00. The average Bonchev–Trinajstić information content (AvgIpc) is 3.28. The molecule has 1 aliphatic heterocycles. The lowest BCUT2D eigenvalue weighted by Gasteiger charge is -2.15. The van der Waals surface area contributed by atoms with Crippen LogP contribution in [0.5, 0.6) is 5.75 Å². The van der Waals surface area contributed by atoms with Gasteiger partial charge in [-0.3, -0.25) is 4.79 Å². The molecule has 154 valence electrons. The Morgan fingerprint density at radius 1 is 1.00 bits per heavy atom. The lowest BCUT2D eigenvalue weighted by molar-refractivity contribution is -0.127. The number of carbonyl (C=O) groups is 2. The van der Waals surface area contributed by atoms with E-state index in [1.165, 1.54) is 23.9 Å². The first kappa shape index (κ1) is 21.2. The summed E-state index contributed by atoms with van der Waals surface area (Å²) in [5.74, 6) is 0.264. The van der Waals surface area contributed by atoms with Gasteiger partial charge in [0.15, 0.2) is 0 Å². The molecule has 0 aromatic heterocycles. The van der Waals surface area contributed by atoms with E-state index in [2.05, 4.69) is 0 Å². The molecule has 0 saturated carbocycles. The van der Waals surface area contributed by atoms with Gasteiger partial charge in [-0.2, -0.15) is 0 Å². The predicted octanol–water partition coefficient (Wildman–Crippen LogP) is 4.17. The van der Waals surface area contributed by atoms with Crippen molar-refractivity contribution in [2.45, 2.75) is 24.2 Å². The van der Waals surface area contributed by atoms with Gasteiger partial charge in [-0.15, -0.1) is 11.8 Å². The zero-order valence-corrected chi connectivity index (χ0v) is 17.0. The van der Waals surface area contributed by atoms with Crippen LogP contribution < -0.4 is 4.74 Å². The van der Waals surface area contributed by atoms with Crippen LogP contribution in [0.15, 0.2) is 53.4 Å². The Morgan fingerprint density at radius 3 is 2.48 bits per heavy atom. The molecule has 29 heavy (non-hydrogen) atoms. The molecule has 0 bridgehead atoms. The molecule has 0 unspecified atom stereocenters. The van der Waals surface area contributed by atoms with Crippen LogP contribution in [0.3, 0.4) is 0 Å². The van der Waals surface area contributed by atoms with E-state index in [9.17, 15) is 14.0 Å². The number of benzene rings is 2. The fourth-order valence-electron chi connectivity index (χ4n) is 2.98. The van der Waals surface area contributed by atoms with Gasteiger partial charge in [0.05, 0.1) is 24.5 Å². The Labute approximate surface area is 174 Å². The van der Waals surface area contributed by atoms with E-state index >= 15 is 0 Å². The van der Waals surface area contributed by atoms with E-state index in [0.717, 1.165) is 30.8 Å². The van der Waals surface area contributed by atoms with E-state index in [1.807, 2.05) is 17.0 Å². The molecule has 3 rings (SSSR count). The van der Waals surface area contributed by atoms with Gasteiger partial charge in [-0.05, 0) is 49.2 Å². The monoisotopic (exact) mass is 417 g/mol. The minimum absolute atomic E-state index is 0.105. The maximum absolute atomic E-state index is 12.9. The second kappa shape index (κ2) is 10.9. The Kier molecular flexibility index (Phi) is 7.93. The summed E-state index contributed by atoms with van der Waals surface area (Å²) in [4.78, 5) is 27.3. The number of rotatable bonds is 9. The van der Waals surface area contributed by atoms with Crippen molar-refractivity contribution in [3.63, 3.8) is 0 Å². The number of thioether (sulfide) groups is 1. The number of carbonyl (C=O) groups excluding carboxylic acids is 2. The van der Waals surface area contributed by atoms with Crippen molar-refractivity contribution in [3.05, 3.63) is 59.9 Å². The SMILES string of the molecule is O=C(OCCCOc1ccc(F)cc1)c1ccccc1SCC(=O)N1CCCC1. The summed E-state index contributed by atoms with van der Waals surface area (Å²) in [7, 11) is 0. The Balaban J connectivity index is 1.42. The smallest absolute Gasteiger partial charge is 0.339 e. The second-order valence-corrected chi connectivity index (χ2v) is 7.68. The van der Waals surface area contributed by atoms with Crippen LogP contribution in [0.4, 0.5) is 4.39 Å². The van der Waals surface area contributed by atoms with E-state index in [0.29, 0.717) is 30.1 Å². The van der Waals surface area contributed by atoms with Crippen LogP contribution in [0.1, 0.15) is 29.6 Å². The predicted molar refractivity (Wildman–Crippen MR) is 110 cm³/mol. The summed E-state index contributed by atoms with van der Waals surface area (Å²) in [6.07, 6.45) is 2.64. The molecule has 1 aliphatic rings. The number of halogens is 1. The first-order valence-electron chi connectivity index (χ1n) is 9.68. The number of nitrogens with zero attached hydrogens (tertiary/aromatic N) is 1. The molecule has 2 aromatic carbocycles. The quantitative estimate of drug-likeness (QED) is 0.348. The van der Waals surface area contributed by atoms with Crippen LogP contribution in [0.2, 0.25) is 0 Å². The fraction of sp³-hybridized carbons (Fsp3) is 0.364. The third-order valence-corrected chi connectivity index (χ3v) is 5.58. The summed E-state index contributed by atoms with van der Waals surface area (Å²) in [6, 6.07) is 12.9. The van der Waals surface area contributed by atoms with Crippen molar-refractivity contribution < 1.29 is 23.5 Å². The minimum Gasteiger partial charge on any atom is -0.493 e. The van der Waals surface area contributed by atoms with Crippen LogP contribution in [0.25, 0.3) is 0 Å². The highest BCUT2D eigenvalue weighted by Crippen LogP contribution is 2.24. The number of hydrogen-bond acceptors (Lipinski definition) is 5. The van der Waals surface area contributed by atoms with Crippen molar-refractivity contribution in [1.82, 2.24) is 4.90 Å². The van der Waals surface area contributed by atoms with E-state index in [1.54, 1.807) is 24.3 Å². The molecule has 2 aromatic rings. The van der Waals surface area contributed by atoms with Crippen LogP contribution in [0, 0.1) is 5.82 Å². The van der Waals surface area contributed by atoms with Gasteiger partial charge < -0.3 is 14.4 Å². The van der Waals surface area contributed by atoms with Crippen molar-refractivity contribution in [2.75, 3.05) is 32.1 Å². The zero-order valence-electron chi connectivity index (χ0n) is 16.1. The van der Waals surface area contributed by atoms with Crippen LogP contribution in [-0.2, 0) is 9.53 Å². The summed E-state index contributed by atoms with van der Waals surface area (Å²) < 4.78 is 23.7. The number of ether oxygens (including phenoxy) is 2.